The number of unbranched alkanes of at least 4 members (excludes halogenated alkanes) is 2. The molecule has 4 N–H and O–H groups in total. The molecule has 0 atom stereocenters. The summed E-state index contributed by atoms with van der Waals surface area (Å²) in [6, 6.07) is 0. The Kier molecular flexibility index (Phi) is 8.25. The summed E-state index contributed by atoms with van der Waals surface area (Å²) in [6.07, 6.45) is 5.17. The Morgan fingerprint density at radius 2 is 2.04 bits per heavy atom. The number of hydrogen-bond acceptors (Lipinski definition) is 4. The van der Waals surface area contributed by atoms with Gasteiger partial charge in [0.25, 0.3) is 5.56 Å². The second kappa shape index (κ2) is 9.92. The lowest BCUT2D eigenvalue weighted by Gasteiger charge is -2.26. The van der Waals surface area contributed by atoms with Crippen molar-refractivity contribution < 1.29 is 0 Å². The second-order valence-electron chi connectivity index (χ2n) is 5.48. The van der Waals surface area contributed by atoms with Gasteiger partial charge < -0.3 is 16.0 Å². The molecule has 1 aromatic heterocycles. The molecule has 1 aromatic rings. The van der Waals surface area contributed by atoms with Gasteiger partial charge in [0, 0.05) is 19.6 Å². The van der Waals surface area contributed by atoms with Crippen LogP contribution in [0.4, 0.5) is 11.5 Å². The Balaban J connectivity index is 3.34. The molecule has 1 rings (SSSR count). The molecule has 0 fully saturated rings. The first kappa shape index (κ1) is 20.0. The van der Waals surface area contributed by atoms with Crippen molar-refractivity contribution in [3.8, 4) is 0 Å². The lowest BCUT2D eigenvalue weighted by atomic mass is 10.3. The highest BCUT2D eigenvalue weighted by atomic mass is 32.1. The molecule has 0 aliphatic carbocycles. The summed E-state index contributed by atoms with van der Waals surface area (Å²) in [5.41, 5.74) is 5.37. The molecule has 0 amide bonds. The van der Waals surface area contributed by atoms with Crippen molar-refractivity contribution in [2.24, 2.45) is 0 Å². The van der Waals surface area contributed by atoms with Crippen LogP contribution in [0, 0.1) is 0 Å². The molecule has 0 saturated heterocycles. The van der Waals surface area contributed by atoms with E-state index in [1.54, 1.807) is 11.0 Å². The standard InChI is InChI=1S/C16H27N5O2S/c1-4-7-10-20(16(24)18-9-6-3)12-13(17)21(11-8-5-2)15(23)19-14(12)22/h6H,3-5,7-11,17H2,1-2H3,(H,18,24)(H,19,22,23). The van der Waals surface area contributed by atoms with Crippen LogP contribution in [0.15, 0.2) is 22.2 Å². The van der Waals surface area contributed by atoms with Gasteiger partial charge >= 0.3 is 5.69 Å². The van der Waals surface area contributed by atoms with E-state index in [0.29, 0.717) is 24.7 Å². The monoisotopic (exact) mass is 353 g/mol. The normalized spacial score (nSPS) is 10.4. The summed E-state index contributed by atoms with van der Waals surface area (Å²) in [6.45, 7) is 9.20. The van der Waals surface area contributed by atoms with Crippen LogP contribution >= 0.6 is 12.2 Å². The number of nitrogens with zero attached hydrogens (tertiary/aromatic N) is 2. The molecule has 1 heterocycles. The van der Waals surface area contributed by atoms with E-state index in [2.05, 4.69) is 16.9 Å². The van der Waals surface area contributed by atoms with E-state index in [-0.39, 0.29) is 11.5 Å². The van der Waals surface area contributed by atoms with Gasteiger partial charge in [0.05, 0.1) is 0 Å². The molecule has 0 aliphatic heterocycles. The van der Waals surface area contributed by atoms with Crippen molar-refractivity contribution in [1.82, 2.24) is 14.9 Å². The number of nitrogen functional groups attached to an aromatic ring is 1. The van der Waals surface area contributed by atoms with Crippen LogP contribution in [0.2, 0.25) is 0 Å². The number of aromatic nitrogens is 2. The third-order valence-corrected chi connectivity index (χ3v) is 3.96. The average Bonchev–Trinajstić information content (AvgIpc) is 2.55. The Hall–Kier alpha value is -2.09. The van der Waals surface area contributed by atoms with Gasteiger partial charge in [-0.3, -0.25) is 14.3 Å². The Morgan fingerprint density at radius 3 is 2.62 bits per heavy atom. The van der Waals surface area contributed by atoms with Gasteiger partial charge in [-0.1, -0.05) is 32.8 Å². The first-order valence-electron chi connectivity index (χ1n) is 8.26. The smallest absolute Gasteiger partial charge is 0.330 e. The summed E-state index contributed by atoms with van der Waals surface area (Å²) >= 11 is 5.39. The number of anilines is 2. The largest absolute Gasteiger partial charge is 0.383 e. The Bertz CT molecular complexity index is 680. The minimum absolute atomic E-state index is 0.149. The molecular formula is C16H27N5O2S. The van der Waals surface area contributed by atoms with Gasteiger partial charge in [-0.2, -0.15) is 0 Å². The van der Waals surface area contributed by atoms with Crippen LogP contribution in [0.1, 0.15) is 39.5 Å². The van der Waals surface area contributed by atoms with Crippen LogP contribution in [0.3, 0.4) is 0 Å². The quantitative estimate of drug-likeness (QED) is 0.461. The van der Waals surface area contributed by atoms with Gasteiger partial charge in [0.2, 0.25) is 0 Å². The molecule has 134 valence electrons. The summed E-state index contributed by atoms with van der Waals surface area (Å²) in [4.78, 5) is 28.4. The summed E-state index contributed by atoms with van der Waals surface area (Å²) < 4.78 is 1.40. The molecule has 0 saturated carbocycles. The topological polar surface area (TPSA) is 96.2 Å². The fraction of sp³-hybridized carbons (Fsp3) is 0.562. The minimum Gasteiger partial charge on any atom is -0.383 e. The van der Waals surface area contributed by atoms with E-state index in [4.69, 9.17) is 18.0 Å². The van der Waals surface area contributed by atoms with Crippen LogP contribution in [-0.2, 0) is 6.54 Å². The second-order valence-corrected chi connectivity index (χ2v) is 5.86. The summed E-state index contributed by atoms with van der Waals surface area (Å²) in [5.74, 6) is 0.149. The number of nitrogens with two attached hydrogens (primary N) is 1. The van der Waals surface area contributed by atoms with E-state index in [9.17, 15) is 9.59 Å². The van der Waals surface area contributed by atoms with Gasteiger partial charge in [0.1, 0.15) is 5.82 Å². The predicted octanol–water partition coefficient (Wildman–Crippen LogP) is 1.59. The van der Waals surface area contributed by atoms with Crippen LogP contribution < -0.4 is 27.2 Å². The molecule has 0 aliphatic rings. The predicted molar refractivity (Wildman–Crippen MR) is 104 cm³/mol. The van der Waals surface area contributed by atoms with Crippen molar-refractivity contribution in [2.45, 2.75) is 46.1 Å². The summed E-state index contributed by atoms with van der Waals surface area (Å²) in [5, 5.41) is 3.41. The number of H-pyrrole nitrogens is 1. The maximum Gasteiger partial charge on any atom is 0.330 e. The zero-order valence-electron chi connectivity index (χ0n) is 14.4. The van der Waals surface area contributed by atoms with Gasteiger partial charge in [0.15, 0.2) is 10.8 Å². The highest BCUT2D eigenvalue weighted by Crippen LogP contribution is 2.18. The fourth-order valence-corrected chi connectivity index (χ4v) is 2.53. The highest BCUT2D eigenvalue weighted by Gasteiger charge is 2.21. The molecule has 0 spiro atoms. The minimum atomic E-state index is -0.524. The van der Waals surface area contributed by atoms with Crippen LogP contribution in [0.5, 0.6) is 0 Å². The van der Waals surface area contributed by atoms with E-state index >= 15 is 0 Å². The molecule has 7 nitrogen and oxygen atoms in total. The zero-order valence-corrected chi connectivity index (χ0v) is 15.2. The molecule has 0 unspecified atom stereocenters. The maximum absolute atomic E-state index is 12.4. The molecule has 0 bridgehead atoms. The Morgan fingerprint density at radius 1 is 1.38 bits per heavy atom. The van der Waals surface area contributed by atoms with Gasteiger partial charge in [-0.05, 0) is 25.1 Å². The van der Waals surface area contributed by atoms with E-state index in [0.717, 1.165) is 25.7 Å². The highest BCUT2D eigenvalue weighted by molar-refractivity contribution is 7.80. The molecule has 0 radical (unpaired) electrons. The lowest BCUT2D eigenvalue weighted by Crippen LogP contribution is -2.45. The number of hydrogen-bond donors (Lipinski definition) is 3. The number of aromatic amines is 1. The maximum atomic E-state index is 12.4. The van der Waals surface area contributed by atoms with Crippen LogP contribution in [0.25, 0.3) is 0 Å². The zero-order chi connectivity index (χ0) is 18.1. The van der Waals surface area contributed by atoms with Gasteiger partial charge in [-0.25, -0.2) is 4.79 Å². The van der Waals surface area contributed by atoms with Crippen molar-refractivity contribution in [3.63, 3.8) is 0 Å². The van der Waals surface area contributed by atoms with E-state index in [1.165, 1.54) is 4.57 Å². The molecule has 0 aromatic carbocycles. The van der Waals surface area contributed by atoms with Crippen molar-refractivity contribution in [3.05, 3.63) is 33.5 Å². The van der Waals surface area contributed by atoms with E-state index < -0.39 is 11.2 Å². The third kappa shape index (κ3) is 4.95. The van der Waals surface area contributed by atoms with Crippen molar-refractivity contribution in [1.29, 1.82) is 0 Å². The Labute approximate surface area is 147 Å². The molecule has 8 heteroatoms. The fourth-order valence-electron chi connectivity index (χ4n) is 2.26. The summed E-state index contributed by atoms with van der Waals surface area (Å²) in [7, 11) is 0. The van der Waals surface area contributed by atoms with Crippen molar-refractivity contribution in [2.75, 3.05) is 23.7 Å². The first-order valence-corrected chi connectivity index (χ1v) is 8.67. The van der Waals surface area contributed by atoms with Crippen LogP contribution in [-0.4, -0.2) is 27.8 Å². The van der Waals surface area contributed by atoms with Gasteiger partial charge in [-0.15, -0.1) is 6.58 Å². The number of rotatable bonds is 9. The number of nitrogens with one attached hydrogen (secondary N) is 2. The SMILES string of the molecule is C=CCNC(=S)N(CCCC)c1c(N)n(CCCC)c(=O)[nH]c1=O. The molecular weight excluding hydrogens is 326 g/mol. The number of thiocarbonyl (C=S) groups is 1. The lowest BCUT2D eigenvalue weighted by molar-refractivity contribution is 0.604. The average molecular weight is 353 g/mol. The molecule has 24 heavy (non-hydrogen) atoms. The van der Waals surface area contributed by atoms with E-state index in [1.807, 2.05) is 13.8 Å². The first-order chi connectivity index (χ1) is 11.5. The third-order valence-electron chi connectivity index (χ3n) is 3.60. The van der Waals surface area contributed by atoms with Crippen molar-refractivity contribution >= 4 is 28.8 Å².